The number of carbonyl (C=O) groups is 1. The number of allylic oxidation sites excluding steroid dienone is 6. The molecule has 2 atom stereocenters. The van der Waals surface area contributed by atoms with Crippen LogP contribution in [-0.2, 0) is 4.79 Å². The summed E-state index contributed by atoms with van der Waals surface area (Å²) in [4.78, 5) is 12.4. The zero-order valence-corrected chi connectivity index (χ0v) is 33.7. The molecule has 0 aliphatic carbocycles. The van der Waals surface area contributed by atoms with E-state index in [-0.39, 0.29) is 12.5 Å². The maximum absolute atomic E-state index is 12.4. The van der Waals surface area contributed by atoms with Crippen LogP contribution in [0.2, 0.25) is 0 Å². The first-order valence-corrected chi connectivity index (χ1v) is 22.2. The number of aliphatic hydroxyl groups excluding tert-OH is 2. The van der Waals surface area contributed by atoms with Gasteiger partial charge in [-0.3, -0.25) is 4.79 Å². The molecular formula is C46H87NO3. The van der Waals surface area contributed by atoms with Crippen LogP contribution in [0.3, 0.4) is 0 Å². The highest BCUT2D eigenvalue weighted by atomic mass is 16.3. The third kappa shape index (κ3) is 37.9. The number of unbranched alkanes of at least 4 members (excludes halogenated alkanes) is 27. The third-order valence-corrected chi connectivity index (χ3v) is 10.2. The highest BCUT2D eigenvalue weighted by molar-refractivity contribution is 5.76. The van der Waals surface area contributed by atoms with Crippen molar-refractivity contribution in [2.45, 2.75) is 244 Å². The van der Waals surface area contributed by atoms with Gasteiger partial charge >= 0.3 is 0 Å². The van der Waals surface area contributed by atoms with Crippen LogP contribution >= 0.6 is 0 Å². The Labute approximate surface area is 312 Å². The van der Waals surface area contributed by atoms with E-state index < -0.39 is 12.1 Å². The highest BCUT2D eigenvalue weighted by Gasteiger charge is 2.20. The molecule has 0 aliphatic heterocycles. The molecule has 0 fully saturated rings. The van der Waals surface area contributed by atoms with Gasteiger partial charge in [-0.05, 0) is 44.9 Å². The van der Waals surface area contributed by atoms with Crippen molar-refractivity contribution in [3.05, 3.63) is 36.5 Å². The van der Waals surface area contributed by atoms with Crippen molar-refractivity contribution in [2.24, 2.45) is 0 Å². The Morgan fingerprint density at radius 3 is 1.32 bits per heavy atom. The van der Waals surface area contributed by atoms with Gasteiger partial charge < -0.3 is 15.5 Å². The lowest BCUT2D eigenvalue weighted by molar-refractivity contribution is -0.123. The maximum atomic E-state index is 12.4. The van der Waals surface area contributed by atoms with Gasteiger partial charge in [0, 0.05) is 6.42 Å². The fourth-order valence-corrected chi connectivity index (χ4v) is 6.79. The molecule has 294 valence electrons. The van der Waals surface area contributed by atoms with Crippen LogP contribution in [0.4, 0.5) is 0 Å². The Morgan fingerprint density at radius 2 is 0.880 bits per heavy atom. The van der Waals surface area contributed by atoms with E-state index in [1.54, 1.807) is 0 Å². The molecular weight excluding hydrogens is 615 g/mol. The van der Waals surface area contributed by atoms with Crippen molar-refractivity contribution >= 4 is 5.91 Å². The molecule has 0 aromatic carbocycles. The van der Waals surface area contributed by atoms with Gasteiger partial charge in [0.25, 0.3) is 0 Å². The summed E-state index contributed by atoms with van der Waals surface area (Å²) in [5, 5.41) is 23.2. The minimum absolute atomic E-state index is 0.0408. The number of nitrogens with one attached hydrogen (secondary N) is 1. The van der Waals surface area contributed by atoms with Crippen molar-refractivity contribution < 1.29 is 15.0 Å². The molecule has 0 spiro atoms. The van der Waals surface area contributed by atoms with Crippen LogP contribution in [0.25, 0.3) is 0 Å². The molecule has 0 aromatic rings. The molecule has 0 saturated carbocycles. The molecule has 3 N–H and O–H groups in total. The summed E-state index contributed by atoms with van der Waals surface area (Å²) < 4.78 is 0. The lowest BCUT2D eigenvalue weighted by atomic mass is 10.0. The van der Waals surface area contributed by atoms with Crippen molar-refractivity contribution in [3.63, 3.8) is 0 Å². The molecule has 2 unspecified atom stereocenters. The van der Waals surface area contributed by atoms with E-state index in [4.69, 9.17) is 0 Å². The summed E-state index contributed by atoms with van der Waals surface area (Å²) in [6, 6.07) is -0.541. The topological polar surface area (TPSA) is 69.6 Å². The number of carbonyl (C=O) groups excluding carboxylic acids is 1. The number of rotatable bonds is 40. The fourth-order valence-electron chi connectivity index (χ4n) is 6.79. The van der Waals surface area contributed by atoms with E-state index in [0.29, 0.717) is 12.8 Å². The molecule has 1 amide bonds. The summed E-state index contributed by atoms with van der Waals surface area (Å²) in [5.41, 5.74) is 0. The van der Waals surface area contributed by atoms with Crippen molar-refractivity contribution in [3.8, 4) is 0 Å². The standard InChI is InChI=1S/C46H87NO3/c1-3-5-7-9-11-13-15-17-19-21-22-23-24-26-27-29-31-33-35-37-39-41-45(49)44(43-48)47-46(50)42-40-38-36-34-32-30-28-25-20-18-16-14-12-10-8-6-4-2/h6,8,12,14,18,20,44-45,48-49H,3-5,7,9-11,13,15-17,19,21-43H2,1-2H3,(H,47,50)/b8-6-,14-12-,20-18-. The normalized spacial score (nSPS) is 13.3. The molecule has 4 nitrogen and oxygen atoms in total. The second-order valence-corrected chi connectivity index (χ2v) is 15.1. The number of amides is 1. The SMILES string of the molecule is CC/C=C\C/C=C\C/C=C\CCCCCCCCCC(=O)NC(CO)C(O)CCCCCCCCCCCCCCCCCCCCCCC. The van der Waals surface area contributed by atoms with E-state index in [1.807, 2.05) is 0 Å². The van der Waals surface area contributed by atoms with Gasteiger partial charge in [0.15, 0.2) is 0 Å². The van der Waals surface area contributed by atoms with E-state index in [2.05, 4.69) is 55.6 Å². The predicted molar refractivity (Wildman–Crippen MR) is 221 cm³/mol. The van der Waals surface area contributed by atoms with Gasteiger partial charge in [-0.15, -0.1) is 0 Å². The molecule has 0 bridgehead atoms. The minimum Gasteiger partial charge on any atom is -0.394 e. The summed E-state index contributed by atoms with van der Waals surface area (Å²) in [5.74, 6) is -0.0408. The van der Waals surface area contributed by atoms with Crippen LogP contribution in [0.15, 0.2) is 36.5 Å². The molecule has 4 heteroatoms. The lowest BCUT2D eigenvalue weighted by Crippen LogP contribution is -2.45. The summed E-state index contributed by atoms with van der Waals surface area (Å²) in [6.45, 7) is 4.25. The monoisotopic (exact) mass is 702 g/mol. The average Bonchev–Trinajstić information content (AvgIpc) is 3.12. The van der Waals surface area contributed by atoms with Gasteiger partial charge in [0.2, 0.25) is 5.91 Å². The first-order valence-electron chi connectivity index (χ1n) is 22.2. The lowest BCUT2D eigenvalue weighted by Gasteiger charge is -2.22. The fraction of sp³-hybridized carbons (Fsp3) is 0.848. The smallest absolute Gasteiger partial charge is 0.220 e. The zero-order valence-electron chi connectivity index (χ0n) is 33.7. The number of hydrogen-bond donors (Lipinski definition) is 3. The molecule has 0 aliphatic rings. The molecule has 0 saturated heterocycles. The third-order valence-electron chi connectivity index (χ3n) is 10.2. The average molecular weight is 702 g/mol. The van der Waals surface area contributed by atoms with E-state index in [1.165, 1.54) is 161 Å². The minimum atomic E-state index is -0.663. The first-order chi connectivity index (χ1) is 24.7. The van der Waals surface area contributed by atoms with Crippen molar-refractivity contribution in [2.75, 3.05) is 6.61 Å². The Balaban J connectivity index is 3.51. The van der Waals surface area contributed by atoms with E-state index in [9.17, 15) is 15.0 Å². The molecule has 0 aromatic heterocycles. The Kier molecular flexibility index (Phi) is 40.9. The Bertz CT molecular complexity index is 760. The second-order valence-electron chi connectivity index (χ2n) is 15.1. The van der Waals surface area contributed by atoms with Gasteiger partial charge in [0.05, 0.1) is 18.8 Å². The largest absolute Gasteiger partial charge is 0.394 e. The highest BCUT2D eigenvalue weighted by Crippen LogP contribution is 2.16. The van der Waals surface area contributed by atoms with E-state index in [0.717, 1.165) is 44.9 Å². The van der Waals surface area contributed by atoms with Crippen molar-refractivity contribution in [1.82, 2.24) is 5.32 Å². The number of aliphatic hydroxyl groups is 2. The van der Waals surface area contributed by atoms with Crippen LogP contribution < -0.4 is 5.32 Å². The second kappa shape index (κ2) is 42.0. The van der Waals surface area contributed by atoms with E-state index >= 15 is 0 Å². The van der Waals surface area contributed by atoms with Crippen molar-refractivity contribution in [1.29, 1.82) is 0 Å². The molecule has 0 heterocycles. The Hall–Kier alpha value is -1.39. The summed E-state index contributed by atoms with van der Waals surface area (Å²) in [6.07, 6.45) is 55.1. The predicted octanol–water partition coefficient (Wildman–Crippen LogP) is 13.8. The van der Waals surface area contributed by atoms with Crippen LogP contribution in [0.5, 0.6) is 0 Å². The van der Waals surface area contributed by atoms with Crippen LogP contribution in [0.1, 0.15) is 232 Å². The molecule has 50 heavy (non-hydrogen) atoms. The van der Waals surface area contributed by atoms with Gasteiger partial charge in [-0.25, -0.2) is 0 Å². The van der Waals surface area contributed by atoms with Crippen LogP contribution in [0, 0.1) is 0 Å². The number of hydrogen-bond acceptors (Lipinski definition) is 3. The summed E-state index contributed by atoms with van der Waals surface area (Å²) in [7, 11) is 0. The quantitative estimate of drug-likeness (QED) is 0.0440. The zero-order chi connectivity index (χ0) is 36.4. The first kappa shape index (κ1) is 48.6. The molecule has 0 radical (unpaired) electrons. The maximum Gasteiger partial charge on any atom is 0.220 e. The molecule has 0 rings (SSSR count). The van der Waals surface area contributed by atoms with Gasteiger partial charge in [0.1, 0.15) is 0 Å². The van der Waals surface area contributed by atoms with Gasteiger partial charge in [-0.1, -0.05) is 217 Å². The Morgan fingerprint density at radius 1 is 0.500 bits per heavy atom. The van der Waals surface area contributed by atoms with Crippen LogP contribution in [-0.4, -0.2) is 34.9 Å². The van der Waals surface area contributed by atoms with Gasteiger partial charge in [-0.2, -0.15) is 0 Å². The summed E-state index contributed by atoms with van der Waals surface area (Å²) >= 11 is 0.